The summed E-state index contributed by atoms with van der Waals surface area (Å²) in [5.74, 6) is 0.513. The number of urea groups is 1. The number of carbonyl (C=O) groups is 3. The van der Waals surface area contributed by atoms with Crippen LogP contribution in [-0.2, 0) is 11.2 Å². The number of nitrogens with one attached hydrogen (secondary N) is 2. The summed E-state index contributed by atoms with van der Waals surface area (Å²) in [6.45, 7) is 4.70. The number of rotatable bonds is 7. The number of fused-ring (bicyclic) bond motifs is 4. The first-order valence-corrected chi connectivity index (χ1v) is 13.7. The Morgan fingerprint density at radius 2 is 1.75 bits per heavy atom. The van der Waals surface area contributed by atoms with Gasteiger partial charge in [0.1, 0.15) is 17.8 Å². The molecule has 4 aromatic rings. The van der Waals surface area contributed by atoms with E-state index in [2.05, 4.69) is 24.1 Å². The van der Waals surface area contributed by atoms with Crippen molar-refractivity contribution in [2.24, 2.45) is 5.92 Å². The summed E-state index contributed by atoms with van der Waals surface area (Å²) in [7, 11) is 1.61. The molecule has 4 amide bonds. The Morgan fingerprint density at radius 3 is 2.50 bits per heavy atom. The number of ether oxygens (including phenoxy) is 1. The number of nitrogens with zero attached hydrogens (tertiary/aromatic N) is 2. The highest BCUT2D eigenvalue weighted by Gasteiger charge is 2.53. The second-order valence-electron chi connectivity index (χ2n) is 10.8. The van der Waals surface area contributed by atoms with Crippen molar-refractivity contribution in [2.75, 3.05) is 18.6 Å². The van der Waals surface area contributed by atoms with Crippen molar-refractivity contribution < 1.29 is 19.1 Å². The molecule has 0 spiro atoms. The van der Waals surface area contributed by atoms with Crippen LogP contribution < -0.4 is 15.0 Å². The van der Waals surface area contributed by atoms with Gasteiger partial charge >= 0.3 is 6.03 Å². The Balaban J connectivity index is 1.43. The molecular weight excluding hydrogens is 504 g/mol. The fourth-order valence-electron chi connectivity index (χ4n) is 5.86. The van der Waals surface area contributed by atoms with E-state index >= 15 is 0 Å². The third-order valence-electron chi connectivity index (χ3n) is 7.88. The average Bonchev–Trinajstić information content (AvgIpc) is 3.46. The number of amides is 4. The minimum atomic E-state index is -0.705. The summed E-state index contributed by atoms with van der Waals surface area (Å²) in [5, 5.41) is 3.98. The molecule has 1 fully saturated rings. The number of para-hydroxylation sites is 2. The van der Waals surface area contributed by atoms with Crippen LogP contribution in [0.2, 0.25) is 0 Å². The van der Waals surface area contributed by atoms with Gasteiger partial charge in [0.15, 0.2) is 0 Å². The lowest BCUT2D eigenvalue weighted by molar-refractivity contribution is -0.120. The lowest BCUT2D eigenvalue weighted by Gasteiger charge is -2.36. The molecule has 2 aliphatic rings. The van der Waals surface area contributed by atoms with Gasteiger partial charge in [0.05, 0.1) is 18.4 Å². The first-order chi connectivity index (χ1) is 19.4. The number of carbonyl (C=O) groups excluding carboxylic acids is 3. The van der Waals surface area contributed by atoms with Gasteiger partial charge in [-0.2, -0.15) is 0 Å². The molecule has 1 aromatic heterocycles. The van der Waals surface area contributed by atoms with Crippen LogP contribution in [0.5, 0.6) is 5.75 Å². The van der Waals surface area contributed by atoms with Crippen molar-refractivity contribution in [1.29, 1.82) is 0 Å². The maximum absolute atomic E-state index is 14.2. The standard InChI is InChI=1S/C32H32N4O4/c1-19(2)16-17-33-30(37)23-9-5-7-11-26(23)36-31(38)27-18-24-22-8-4-6-10-25(22)34-28(24)29(35(27)32(36)39)20-12-14-21(40-3)15-13-20/h4-15,19,27,29,34H,16-18H2,1-3H3,(H,33,37)/t27-,29-/m0/s1. The third kappa shape index (κ3) is 4.20. The molecule has 40 heavy (non-hydrogen) atoms. The highest BCUT2D eigenvalue weighted by Crippen LogP contribution is 2.45. The average molecular weight is 537 g/mol. The Labute approximate surface area is 232 Å². The molecule has 2 atom stereocenters. The third-order valence-corrected chi connectivity index (χ3v) is 7.88. The number of methoxy groups -OCH3 is 1. The van der Waals surface area contributed by atoms with Crippen LogP contribution in [-0.4, -0.2) is 47.4 Å². The Bertz CT molecular complexity index is 1610. The Kier molecular flexibility index (Phi) is 6.54. The number of anilines is 1. The number of aromatic amines is 1. The van der Waals surface area contributed by atoms with Crippen molar-refractivity contribution in [3.05, 3.63) is 95.2 Å². The molecule has 0 unspecified atom stereocenters. The van der Waals surface area contributed by atoms with E-state index in [1.54, 1.807) is 36.3 Å². The Morgan fingerprint density at radius 1 is 1.02 bits per heavy atom. The quantitative estimate of drug-likeness (QED) is 0.308. The number of hydrogen-bond acceptors (Lipinski definition) is 4. The SMILES string of the molecule is COc1ccc([C@H]2c3[nH]c4ccccc4c3C[C@H]3C(=O)N(c4ccccc4C(=O)NCCC(C)C)C(=O)N23)cc1. The predicted octanol–water partition coefficient (Wildman–Crippen LogP) is 5.44. The first kappa shape index (κ1) is 25.7. The van der Waals surface area contributed by atoms with Gasteiger partial charge in [-0.15, -0.1) is 0 Å². The smallest absolute Gasteiger partial charge is 0.332 e. The molecule has 3 aromatic carbocycles. The molecule has 204 valence electrons. The van der Waals surface area contributed by atoms with Crippen LogP contribution in [0.1, 0.15) is 53.5 Å². The van der Waals surface area contributed by atoms with Gasteiger partial charge < -0.3 is 15.0 Å². The van der Waals surface area contributed by atoms with Crippen LogP contribution in [0.25, 0.3) is 10.9 Å². The fraction of sp³-hybridized carbons (Fsp3) is 0.281. The normalized spacial score (nSPS) is 18.3. The summed E-state index contributed by atoms with van der Waals surface area (Å²) in [6, 6.07) is 20.7. The molecule has 1 saturated heterocycles. The minimum Gasteiger partial charge on any atom is -0.497 e. The zero-order valence-electron chi connectivity index (χ0n) is 22.8. The van der Waals surface area contributed by atoms with Crippen molar-refractivity contribution >= 4 is 34.4 Å². The van der Waals surface area contributed by atoms with Crippen molar-refractivity contribution in [3.63, 3.8) is 0 Å². The van der Waals surface area contributed by atoms with E-state index in [4.69, 9.17) is 4.74 Å². The van der Waals surface area contributed by atoms with Gasteiger partial charge in [0, 0.05) is 29.6 Å². The molecule has 0 radical (unpaired) electrons. The molecule has 6 rings (SSSR count). The van der Waals surface area contributed by atoms with Crippen molar-refractivity contribution in [1.82, 2.24) is 15.2 Å². The summed E-state index contributed by atoms with van der Waals surface area (Å²) in [4.78, 5) is 47.9. The van der Waals surface area contributed by atoms with E-state index in [9.17, 15) is 14.4 Å². The van der Waals surface area contributed by atoms with Crippen molar-refractivity contribution in [3.8, 4) is 5.75 Å². The van der Waals surface area contributed by atoms with E-state index in [0.29, 0.717) is 35.9 Å². The number of hydrogen-bond donors (Lipinski definition) is 2. The highest BCUT2D eigenvalue weighted by molar-refractivity contribution is 6.24. The van der Waals surface area contributed by atoms with Gasteiger partial charge in [-0.25, -0.2) is 9.69 Å². The van der Waals surface area contributed by atoms with Gasteiger partial charge in [0.2, 0.25) is 0 Å². The van der Waals surface area contributed by atoms with E-state index < -0.39 is 18.1 Å². The summed E-state index contributed by atoms with van der Waals surface area (Å²) < 4.78 is 5.36. The predicted molar refractivity (Wildman–Crippen MR) is 154 cm³/mol. The molecule has 8 heteroatoms. The first-order valence-electron chi connectivity index (χ1n) is 13.7. The lowest BCUT2D eigenvalue weighted by Crippen LogP contribution is -2.44. The van der Waals surface area contributed by atoms with E-state index in [0.717, 1.165) is 34.1 Å². The largest absolute Gasteiger partial charge is 0.497 e. The number of H-pyrrole nitrogens is 1. The van der Waals surface area contributed by atoms with Crippen LogP contribution in [0, 0.1) is 5.92 Å². The minimum absolute atomic E-state index is 0.301. The van der Waals surface area contributed by atoms with E-state index in [1.165, 1.54) is 4.90 Å². The van der Waals surface area contributed by atoms with Crippen molar-refractivity contribution in [2.45, 2.75) is 38.8 Å². The molecule has 2 aliphatic heterocycles. The molecule has 8 nitrogen and oxygen atoms in total. The number of aromatic nitrogens is 1. The van der Waals surface area contributed by atoms with Crippen LogP contribution in [0.4, 0.5) is 10.5 Å². The second kappa shape index (κ2) is 10.2. The summed E-state index contributed by atoms with van der Waals surface area (Å²) in [5.41, 5.74) is 4.35. The molecular formula is C32H32N4O4. The number of benzene rings is 3. The molecule has 0 bridgehead atoms. The lowest BCUT2D eigenvalue weighted by atomic mass is 9.89. The van der Waals surface area contributed by atoms with E-state index in [-0.39, 0.29) is 11.8 Å². The molecule has 3 heterocycles. The van der Waals surface area contributed by atoms with Gasteiger partial charge in [-0.1, -0.05) is 56.3 Å². The zero-order valence-corrected chi connectivity index (χ0v) is 22.8. The summed E-state index contributed by atoms with van der Waals surface area (Å²) >= 11 is 0. The molecule has 0 aliphatic carbocycles. The molecule has 2 N–H and O–H groups in total. The number of imide groups is 1. The maximum Gasteiger partial charge on any atom is 0.332 e. The second-order valence-corrected chi connectivity index (χ2v) is 10.8. The highest BCUT2D eigenvalue weighted by atomic mass is 16.5. The zero-order chi connectivity index (χ0) is 28.0. The van der Waals surface area contributed by atoms with Crippen LogP contribution in [0.15, 0.2) is 72.8 Å². The fourth-order valence-corrected chi connectivity index (χ4v) is 5.86. The van der Waals surface area contributed by atoms with Crippen LogP contribution >= 0.6 is 0 Å². The van der Waals surface area contributed by atoms with Gasteiger partial charge in [-0.05, 0) is 53.8 Å². The van der Waals surface area contributed by atoms with Gasteiger partial charge in [0.25, 0.3) is 11.8 Å². The van der Waals surface area contributed by atoms with Gasteiger partial charge in [-0.3, -0.25) is 14.5 Å². The summed E-state index contributed by atoms with van der Waals surface area (Å²) in [6.07, 6.45) is 1.22. The van der Waals surface area contributed by atoms with E-state index in [1.807, 2.05) is 48.5 Å². The topological polar surface area (TPSA) is 94.7 Å². The Hall–Kier alpha value is -4.59. The maximum atomic E-state index is 14.2. The monoisotopic (exact) mass is 536 g/mol. The van der Waals surface area contributed by atoms with Crippen LogP contribution in [0.3, 0.4) is 0 Å². The molecule has 0 saturated carbocycles.